The molecule has 0 saturated heterocycles. The third-order valence-corrected chi connectivity index (χ3v) is 3.20. The van der Waals surface area contributed by atoms with Gasteiger partial charge in [0, 0.05) is 4.47 Å². The Morgan fingerprint density at radius 2 is 1.71 bits per heavy atom. The predicted octanol–water partition coefficient (Wildman–Crippen LogP) is 3.08. The summed E-state index contributed by atoms with van der Waals surface area (Å²) >= 11 is 3.38. The molecule has 1 aromatic heterocycles. The Kier molecular flexibility index (Phi) is 2.37. The number of rotatable bonds is 1. The maximum absolute atomic E-state index is 11.9. The smallest absolute Gasteiger partial charge is 0.305 e. The molecule has 1 heterocycles. The maximum atomic E-state index is 11.9. The standard InChI is InChI=1S/C13H9BrN2O/c14-9-5-7-10(8-6-9)16-12-4-2-1-3-11(12)15-13(16)17/h1-8H,(H,15,17). The molecule has 0 spiro atoms. The van der Waals surface area contributed by atoms with Crippen LogP contribution >= 0.6 is 15.9 Å². The maximum Gasteiger partial charge on any atom is 0.331 e. The summed E-state index contributed by atoms with van der Waals surface area (Å²) in [6.07, 6.45) is 0. The van der Waals surface area contributed by atoms with Crippen LogP contribution in [-0.4, -0.2) is 9.55 Å². The van der Waals surface area contributed by atoms with Gasteiger partial charge in [-0.1, -0.05) is 28.1 Å². The molecule has 0 radical (unpaired) electrons. The second kappa shape index (κ2) is 3.89. The zero-order chi connectivity index (χ0) is 11.8. The summed E-state index contributed by atoms with van der Waals surface area (Å²) in [4.78, 5) is 14.8. The van der Waals surface area contributed by atoms with Gasteiger partial charge in [-0.15, -0.1) is 0 Å². The quantitative estimate of drug-likeness (QED) is 0.734. The Morgan fingerprint density at radius 3 is 2.47 bits per heavy atom. The number of para-hydroxylation sites is 2. The highest BCUT2D eigenvalue weighted by Crippen LogP contribution is 2.17. The Bertz CT molecular complexity index is 725. The van der Waals surface area contributed by atoms with Crippen molar-refractivity contribution in [2.45, 2.75) is 0 Å². The van der Waals surface area contributed by atoms with Crippen LogP contribution in [0.2, 0.25) is 0 Å². The molecule has 84 valence electrons. The van der Waals surface area contributed by atoms with Gasteiger partial charge in [0.25, 0.3) is 0 Å². The first-order valence-electron chi connectivity index (χ1n) is 5.21. The molecule has 3 aromatic rings. The van der Waals surface area contributed by atoms with E-state index in [9.17, 15) is 4.79 Å². The number of H-pyrrole nitrogens is 1. The molecule has 0 aliphatic heterocycles. The molecule has 1 N–H and O–H groups in total. The van der Waals surface area contributed by atoms with Crippen molar-refractivity contribution in [2.75, 3.05) is 0 Å². The molecule has 0 atom stereocenters. The average Bonchev–Trinajstić information content (AvgIpc) is 2.66. The lowest BCUT2D eigenvalue weighted by molar-refractivity contribution is 1.02. The van der Waals surface area contributed by atoms with Crippen molar-refractivity contribution < 1.29 is 0 Å². The number of benzene rings is 2. The van der Waals surface area contributed by atoms with Crippen molar-refractivity contribution in [1.82, 2.24) is 9.55 Å². The van der Waals surface area contributed by atoms with Gasteiger partial charge in [0.05, 0.1) is 16.7 Å². The van der Waals surface area contributed by atoms with Crippen LogP contribution in [0.1, 0.15) is 0 Å². The third kappa shape index (κ3) is 1.70. The first-order chi connectivity index (χ1) is 8.25. The van der Waals surface area contributed by atoms with E-state index in [0.717, 1.165) is 21.2 Å². The molecule has 0 saturated carbocycles. The fraction of sp³-hybridized carbons (Fsp3) is 0. The first kappa shape index (κ1) is 10.4. The summed E-state index contributed by atoms with van der Waals surface area (Å²) in [5, 5.41) is 0. The van der Waals surface area contributed by atoms with Crippen molar-refractivity contribution in [3.8, 4) is 5.69 Å². The van der Waals surface area contributed by atoms with Crippen LogP contribution in [0.5, 0.6) is 0 Å². The van der Waals surface area contributed by atoms with E-state index in [1.54, 1.807) is 4.57 Å². The number of nitrogens with zero attached hydrogens (tertiary/aromatic N) is 1. The topological polar surface area (TPSA) is 37.8 Å². The van der Waals surface area contributed by atoms with Crippen LogP contribution in [0.15, 0.2) is 57.8 Å². The van der Waals surface area contributed by atoms with Gasteiger partial charge in [-0.05, 0) is 36.4 Å². The fourth-order valence-corrected chi connectivity index (χ4v) is 2.17. The highest BCUT2D eigenvalue weighted by atomic mass is 79.9. The minimum atomic E-state index is -0.117. The summed E-state index contributed by atoms with van der Waals surface area (Å²) in [6, 6.07) is 15.3. The number of hydrogen-bond donors (Lipinski definition) is 1. The van der Waals surface area contributed by atoms with Gasteiger partial charge in [0.1, 0.15) is 0 Å². The third-order valence-electron chi connectivity index (χ3n) is 2.67. The van der Waals surface area contributed by atoms with Crippen LogP contribution in [0.25, 0.3) is 16.7 Å². The largest absolute Gasteiger partial charge is 0.331 e. The molecule has 17 heavy (non-hydrogen) atoms. The lowest BCUT2D eigenvalue weighted by Crippen LogP contribution is -2.14. The van der Waals surface area contributed by atoms with E-state index in [2.05, 4.69) is 20.9 Å². The molecule has 4 heteroatoms. The van der Waals surface area contributed by atoms with E-state index in [1.165, 1.54) is 0 Å². The second-order valence-corrected chi connectivity index (χ2v) is 4.67. The minimum Gasteiger partial charge on any atom is -0.305 e. The number of imidazole rings is 1. The van der Waals surface area contributed by atoms with Gasteiger partial charge in [-0.2, -0.15) is 0 Å². The average molecular weight is 289 g/mol. The molecule has 0 aliphatic carbocycles. The van der Waals surface area contributed by atoms with E-state index in [4.69, 9.17) is 0 Å². The first-order valence-corrected chi connectivity index (χ1v) is 6.01. The van der Waals surface area contributed by atoms with Gasteiger partial charge < -0.3 is 4.98 Å². The molecule has 0 amide bonds. The van der Waals surface area contributed by atoms with E-state index in [0.29, 0.717) is 0 Å². The second-order valence-electron chi connectivity index (χ2n) is 3.76. The number of halogens is 1. The Labute approximate surface area is 106 Å². The molecule has 3 rings (SSSR count). The van der Waals surface area contributed by atoms with E-state index >= 15 is 0 Å². The molecule has 0 aliphatic rings. The molecule has 3 nitrogen and oxygen atoms in total. The molecule has 2 aromatic carbocycles. The van der Waals surface area contributed by atoms with Gasteiger partial charge >= 0.3 is 5.69 Å². The Hall–Kier alpha value is -1.81. The summed E-state index contributed by atoms with van der Waals surface area (Å²) in [5.74, 6) is 0. The van der Waals surface area contributed by atoms with Crippen molar-refractivity contribution >= 4 is 27.0 Å². The molecular weight excluding hydrogens is 280 g/mol. The SMILES string of the molecule is O=c1[nH]c2ccccc2n1-c1ccc(Br)cc1. The van der Waals surface area contributed by atoms with Crippen molar-refractivity contribution in [3.63, 3.8) is 0 Å². The van der Waals surface area contributed by atoms with Crippen LogP contribution in [0, 0.1) is 0 Å². The number of aromatic amines is 1. The highest BCUT2D eigenvalue weighted by molar-refractivity contribution is 9.10. The summed E-state index contributed by atoms with van der Waals surface area (Å²) < 4.78 is 2.66. The predicted molar refractivity (Wildman–Crippen MR) is 71.6 cm³/mol. The number of hydrogen-bond acceptors (Lipinski definition) is 1. The minimum absolute atomic E-state index is 0.117. The Morgan fingerprint density at radius 1 is 1.00 bits per heavy atom. The molecule has 0 bridgehead atoms. The normalized spacial score (nSPS) is 10.9. The zero-order valence-electron chi connectivity index (χ0n) is 8.85. The van der Waals surface area contributed by atoms with Gasteiger partial charge in [0.15, 0.2) is 0 Å². The van der Waals surface area contributed by atoms with E-state index < -0.39 is 0 Å². The summed E-state index contributed by atoms with van der Waals surface area (Å²) in [5.41, 5.74) is 2.48. The number of fused-ring (bicyclic) bond motifs is 1. The van der Waals surface area contributed by atoms with Crippen LogP contribution in [0.3, 0.4) is 0 Å². The van der Waals surface area contributed by atoms with Crippen molar-refractivity contribution in [3.05, 3.63) is 63.5 Å². The molecule has 0 unspecified atom stereocenters. The van der Waals surface area contributed by atoms with Crippen LogP contribution < -0.4 is 5.69 Å². The van der Waals surface area contributed by atoms with Gasteiger partial charge in [-0.25, -0.2) is 4.79 Å². The lowest BCUT2D eigenvalue weighted by atomic mass is 10.3. The number of nitrogens with one attached hydrogen (secondary N) is 1. The summed E-state index contributed by atoms with van der Waals surface area (Å²) in [7, 11) is 0. The molecular formula is C13H9BrN2O. The van der Waals surface area contributed by atoms with Crippen molar-refractivity contribution in [2.24, 2.45) is 0 Å². The van der Waals surface area contributed by atoms with E-state index in [1.807, 2.05) is 48.5 Å². The van der Waals surface area contributed by atoms with Crippen LogP contribution in [-0.2, 0) is 0 Å². The zero-order valence-corrected chi connectivity index (χ0v) is 10.4. The monoisotopic (exact) mass is 288 g/mol. The molecule has 0 fully saturated rings. The fourth-order valence-electron chi connectivity index (χ4n) is 1.90. The number of aromatic nitrogens is 2. The van der Waals surface area contributed by atoms with Gasteiger partial charge in [0.2, 0.25) is 0 Å². The van der Waals surface area contributed by atoms with Crippen molar-refractivity contribution in [1.29, 1.82) is 0 Å². The highest BCUT2D eigenvalue weighted by Gasteiger charge is 2.07. The van der Waals surface area contributed by atoms with Crippen LogP contribution in [0.4, 0.5) is 0 Å². The van der Waals surface area contributed by atoms with E-state index in [-0.39, 0.29) is 5.69 Å². The summed E-state index contributed by atoms with van der Waals surface area (Å²) in [6.45, 7) is 0. The lowest BCUT2D eigenvalue weighted by Gasteiger charge is -2.02. The van der Waals surface area contributed by atoms with Gasteiger partial charge in [-0.3, -0.25) is 4.57 Å². The Balaban J connectivity index is 2.33.